The van der Waals surface area contributed by atoms with Crippen molar-refractivity contribution in [1.29, 1.82) is 0 Å². The van der Waals surface area contributed by atoms with Crippen molar-refractivity contribution in [2.24, 2.45) is 0 Å². The van der Waals surface area contributed by atoms with Gasteiger partial charge in [0.05, 0.1) is 20.3 Å². The minimum absolute atomic E-state index is 0.409. The van der Waals surface area contributed by atoms with Crippen LogP contribution in [-0.4, -0.2) is 25.9 Å². The second kappa shape index (κ2) is 6.99. The van der Waals surface area contributed by atoms with Crippen LogP contribution >= 0.6 is 0 Å². The average Bonchev–Trinajstić information content (AvgIpc) is 2.53. The first-order valence-electron chi connectivity index (χ1n) is 6.84. The van der Waals surface area contributed by atoms with Crippen molar-refractivity contribution in [2.75, 3.05) is 26.1 Å². The first kappa shape index (κ1) is 15.2. The van der Waals surface area contributed by atoms with Gasteiger partial charge in [0.25, 0.3) is 0 Å². The Labute approximate surface area is 125 Å². The van der Waals surface area contributed by atoms with E-state index in [1.807, 2.05) is 49.4 Å². The van der Waals surface area contributed by atoms with Crippen LogP contribution in [0.1, 0.15) is 17.2 Å². The Kier molecular flexibility index (Phi) is 5.06. The predicted octanol–water partition coefficient (Wildman–Crippen LogP) is 3.16. The number of methoxy groups -OCH3 is 2. The molecule has 21 heavy (non-hydrogen) atoms. The van der Waals surface area contributed by atoms with Crippen molar-refractivity contribution < 1.29 is 14.6 Å². The molecule has 2 aromatic carbocycles. The molecular formula is C17H21NO3. The van der Waals surface area contributed by atoms with Crippen molar-refractivity contribution in [1.82, 2.24) is 0 Å². The van der Waals surface area contributed by atoms with E-state index in [9.17, 15) is 5.11 Å². The molecule has 0 bridgehead atoms. The summed E-state index contributed by atoms with van der Waals surface area (Å²) in [5, 5.41) is 13.6. The van der Waals surface area contributed by atoms with Gasteiger partial charge in [0.1, 0.15) is 11.5 Å². The van der Waals surface area contributed by atoms with Crippen LogP contribution < -0.4 is 14.8 Å². The predicted molar refractivity (Wildman–Crippen MR) is 84.2 cm³/mol. The maximum absolute atomic E-state index is 10.4. The summed E-state index contributed by atoms with van der Waals surface area (Å²) in [6.45, 7) is 2.40. The molecule has 2 aromatic rings. The van der Waals surface area contributed by atoms with E-state index in [-0.39, 0.29) is 0 Å². The Morgan fingerprint density at radius 1 is 1.05 bits per heavy atom. The third kappa shape index (κ3) is 3.89. The van der Waals surface area contributed by atoms with E-state index in [0.717, 1.165) is 22.6 Å². The molecule has 0 aromatic heterocycles. The van der Waals surface area contributed by atoms with Gasteiger partial charge in [-0.1, -0.05) is 11.6 Å². The fourth-order valence-electron chi connectivity index (χ4n) is 2.15. The number of aliphatic hydroxyl groups is 1. The highest BCUT2D eigenvalue weighted by Crippen LogP contribution is 2.26. The first-order chi connectivity index (χ1) is 10.1. The largest absolute Gasteiger partial charge is 0.497 e. The second-order valence-corrected chi connectivity index (χ2v) is 4.87. The maximum atomic E-state index is 10.4. The van der Waals surface area contributed by atoms with E-state index < -0.39 is 6.10 Å². The Hall–Kier alpha value is -2.20. The van der Waals surface area contributed by atoms with Gasteiger partial charge in [-0.05, 0) is 43.3 Å². The molecule has 0 radical (unpaired) electrons. The Morgan fingerprint density at radius 3 is 2.38 bits per heavy atom. The van der Waals surface area contributed by atoms with Crippen LogP contribution in [0.4, 0.5) is 5.69 Å². The van der Waals surface area contributed by atoms with E-state index >= 15 is 0 Å². The summed E-state index contributed by atoms with van der Waals surface area (Å²) in [4.78, 5) is 0. The number of nitrogens with one attached hydrogen (secondary N) is 1. The van der Waals surface area contributed by atoms with Gasteiger partial charge < -0.3 is 19.9 Å². The topological polar surface area (TPSA) is 50.7 Å². The zero-order valence-electron chi connectivity index (χ0n) is 12.6. The van der Waals surface area contributed by atoms with Gasteiger partial charge in [0.2, 0.25) is 0 Å². The normalized spacial score (nSPS) is 11.8. The smallest absolute Gasteiger partial charge is 0.124 e. The molecule has 1 unspecified atom stereocenters. The highest BCUT2D eigenvalue weighted by Gasteiger charge is 2.13. The molecule has 0 amide bonds. The molecule has 112 valence electrons. The monoisotopic (exact) mass is 287 g/mol. The summed E-state index contributed by atoms with van der Waals surface area (Å²) in [5.74, 6) is 1.51. The molecule has 0 saturated heterocycles. The van der Waals surface area contributed by atoms with E-state index in [1.165, 1.54) is 0 Å². The van der Waals surface area contributed by atoms with Crippen LogP contribution in [0.5, 0.6) is 11.5 Å². The van der Waals surface area contributed by atoms with E-state index in [1.54, 1.807) is 14.2 Å². The zero-order chi connectivity index (χ0) is 15.2. The number of aryl methyl sites for hydroxylation is 1. The highest BCUT2D eigenvalue weighted by atomic mass is 16.5. The second-order valence-electron chi connectivity index (χ2n) is 4.87. The zero-order valence-corrected chi connectivity index (χ0v) is 12.6. The lowest BCUT2D eigenvalue weighted by Crippen LogP contribution is -2.13. The third-order valence-corrected chi connectivity index (χ3v) is 3.33. The molecule has 0 heterocycles. The summed E-state index contributed by atoms with van der Waals surface area (Å²) < 4.78 is 10.4. The minimum atomic E-state index is -0.637. The number of rotatable bonds is 6. The number of ether oxygens (including phenoxy) is 2. The van der Waals surface area contributed by atoms with Gasteiger partial charge in [-0.25, -0.2) is 0 Å². The highest BCUT2D eigenvalue weighted by molar-refractivity contribution is 5.47. The summed E-state index contributed by atoms with van der Waals surface area (Å²) in [6.07, 6.45) is -0.637. The van der Waals surface area contributed by atoms with Gasteiger partial charge in [0.15, 0.2) is 0 Å². The van der Waals surface area contributed by atoms with E-state index in [0.29, 0.717) is 12.3 Å². The first-order valence-corrected chi connectivity index (χ1v) is 6.84. The van der Waals surface area contributed by atoms with Crippen molar-refractivity contribution in [2.45, 2.75) is 13.0 Å². The van der Waals surface area contributed by atoms with Crippen molar-refractivity contribution in [3.8, 4) is 11.5 Å². The number of hydrogen-bond acceptors (Lipinski definition) is 4. The number of hydrogen-bond donors (Lipinski definition) is 2. The Balaban J connectivity index is 2.03. The molecule has 0 fully saturated rings. The maximum Gasteiger partial charge on any atom is 0.124 e. The van der Waals surface area contributed by atoms with Crippen molar-refractivity contribution in [3.05, 3.63) is 53.6 Å². The summed E-state index contributed by atoms with van der Waals surface area (Å²) in [6, 6.07) is 13.4. The lowest BCUT2D eigenvalue weighted by molar-refractivity contribution is 0.187. The number of anilines is 1. The van der Waals surface area contributed by atoms with Gasteiger partial charge >= 0.3 is 0 Å². The van der Waals surface area contributed by atoms with E-state index in [4.69, 9.17) is 9.47 Å². The molecule has 4 heteroatoms. The standard InChI is InChI=1S/C17H21NO3/c1-12-4-9-17(21-3)15(10-12)16(19)11-18-13-5-7-14(20-2)8-6-13/h4-10,16,18-19H,11H2,1-3H3. The molecular weight excluding hydrogens is 266 g/mol. The van der Waals surface area contributed by atoms with Gasteiger partial charge in [-0.15, -0.1) is 0 Å². The molecule has 1 atom stereocenters. The van der Waals surface area contributed by atoms with Gasteiger partial charge in [-0.3, -0.25) is 0 Å². The third-order valence-electron chi connectivity index (χ3n) is 3.33. The fourth-order valence-corrected chi connectivity index (χ4v) is 2.15. The summed E-state index contributed by atoms with van der Waals surface area (Å²) >= 11 is 0. The molecule has 4 nitrogen and oxygen atoms in total. The molecule has 0 spiro atoms. The molecule has 0 aliphatic rings. The molecule has 0 aliphatic carbocycles. The van der Waals surface area contributed by atoms with Crippen molar-refractivity contribution >= 4 is 5.69 Å². The van der Waals surface area contributed by atoms with Crippen LogP contribution in [0.15, 0.2) is 42.5 Å². The Bertz CT molecular complexity index is 581. The summed E-state index contributed by atoms with van der Waals surface area (Å²) in [7, 11) is 3.24. The van der Waals surface area contributed by atoms with Crippen LogP contribution in [-0.2, 0) is 0 Å². The van der Waals surface area contributed by atoms with Gasteiger partial charge in [0, 0.05) is 17.8 Å². The minimum Gasteiger partial charge on any atom is -0.497 e. The van der Waals surface area contributed by atoms with Crippen LogP contribution in [0.3, 0.4) is 0 Å². The lowest BCUT2D eigenvalue weighted by atomic mass is 10.1. The summed E-state index contributed by atoms with van der Waals surface area (Å²) in [5.41, 5.74) is 2.81. The molecule has 2 N–H and O–H groups in total. The van der Waals surface area contributed by atoms with Gasteiger partial charge in [-0.2, -0.15) is 0 Å². The number of benzene rings is 2. The van der Waals surface area contributed by atoms with E-state index in [2.05, 4.69) is 5.32 Å². The lowest BCUT2D eigenvalue weighted by Gasteiger charge is -2.17. The van der Waals surface area contributed by atoms with Crippen LogP contribution in [0.2, 0.25) is 0 Å². The molecule has 0 saturated carbocycles. The van der Waals surface area contributed by atoms with Crippen LogP contribution in [0, 0.1) is 6.92 Å². The average molecular weight is 287 g/mol. The SMILES string of the molecule is COc1ccc(NCC(O)c2cc(C)ccc2OC)cc1. The molecule has 2 rings (SSSR count). The van der Waals surface area contributed by atoms with Crippen LogP contribution in [0.25, 0.3) is 0 Å². The quantitative estimate of drug-likeness (QED) is 0.857. The fraction of sp³-hybridized carbons (Fsp3) is 0.294. The number of aliphatic hydroxyl groups excluding tert-OH is 1. The van der Waals surface area contributed by atoms with Crippen molar-refractivity contribution in [3.63, 3.8) is 0 Å². The Morgan fingerprint density at radius 2 is 1.76 bits per heavy atom. The molecule has 0 aliphatic heterocycles.